The van der Waals surface area contributed by atoms with Crippen molar-refractivity contribution in [3.05, 3.63) is 64.3 Å². The van der Waals surface area contributed by atoms with Gasteiger partial charge in [0.25, 0.3) is 0 Å². The number of aromatic nitrogens is 1. The van der Waals surface area contributed by atoms with Crippen molar-refractivity contribution in [3.63, 3.8) is 0 Å². The van der Waals surface area contributed by atoms with Gasteiger partial charge in [0.05, 0.1) is 5.52 Å². The van der Waals surface area contributed by atoms with E-state index in [1.54, 1.807) is 12.1 Å². The summed E-state index contributed by atoms with van der Waals surface area (Å²) in [5.41, 5.74) is 5.68. The van der Waals surface area contributed by atoms with E-state index in [1.807, 2.05) is 12.1 Å². The zero-order valence-corrected chi connectivity index (χ0v) is 16.5. The standard InChI is InChI=1S/C22H24ClN3O/c1-15-3-4-17-13-18(22(23)24-21(17)16(15)2)14-25-9-11-26(12-10-25)19-5-7-20(27)8-6-19/h3-8,13,27H,9-12,14H2,1-2H3. The predicted octanol–water partition coefficient (Wildman–Crippen LogP) is 4.53. The van der Waals surface area contributed by atoms with E-state index >= 15 is 0 Å². The molecule has 0 radical (unpaired) electrons. The fourth-order valence-electron chi connectivity index (χ4n) is 3.68. The number of phenols is 1. The maximum absolute atomic E-state index is 9.45. The number of aromatic hydroxyl groups is 1. The Balaban J connectivity index is 1.46. The maximum Gasteiger partial charge on any atom is 0.134 e. The van der Waals surface area contributed by atoms with Crippen LogP contribution in [0.2, 0.25) is 5.15 Å². The summed E-state index contributed by atoms with van der Waals surface area (Å²) in [5.74, 6) is 0.307. The minimum atomic E-state index is 0.307. The Morgan fingerprint density at radius 1 is 1.00 bits per heavy atom. The number of halogens is 1. The molecule has 1 aromatic heterocycles. The van der Waals surface area contributed by atoms with Crippen LogP contribution in [0.25, 0.3) is 10.9 Å². The van der Waals surface area contributed by atoms with Gasteiger partial charge in [0, 0.05) is 49.4 Å². The SMILES string of the molecule is Cc1ccc2cc(CN3CCN(c4ccc(O)cc4)CC3)c(Cl)nc2c1C. The molecule has 27 heavy (non-hydrogen) atoms. The molecule has 0 bridgehead atoms. The largest absolute Gasteiger partial charge is 0.508 e. The van der Waals surface area contributed by atoms with E-state index < -0.39 is 0 Å². The van der Waals surface area contributed by atoms with Crippen LogP contribution in [0.15, 0.2) is 42.5 Å². The monoisotopic (exact) mass is 381 g/mol. The van der Waals surface area contributed by atoms with Gasteiger partial charge in [0.15, 0.2) is 0 Å². The molecule has 140 valence electrons. The molecule has 4 nitrogen and oxygen atoms in total. The van der Waals surface area contributed by atoms with Crippen molar-refractivity contribution in [2.45, 2.75) is 20.4 Å². The highest BCUT2D eigenvalue weighted by molar-refractivity contribution is 6.30. The average molecular weight is 382 g/mol. The van der Waals surface area contributed by atoms with Crippen LogP contribution in [0, 0.1) is 13.8 Å². The summed E-state index contributed by atoms with van der Waals surface area (Å²) in [5, 5.41) is 11.2. The molecule has 1 saturated heterocycles. The van der Waals surface area contributed by atoms with Crippen LogP contribution in [0.3, 0.4) is 0 Å². The highest BCUT2D eigenvalue weighted by atomic mass is 35.5. The molecule has 2 heterocycles. The van der Waals surface area contributed by atoms with Crippen molar-refractivity contribution in [2.24, 2.45) is 0 Å². The second-order valence-corrected chi connectivity index (χ2v) is 7.66. The quantitative estimate of drug-likeness (QED) is 0.676. The Labute approximate surface area is 165 Å². The van der Waals surface area contributed by atoms with Crippen LogP contribution in [-0.4, -0.2) is 41.2 Å². The van der Waals surface area contributed by atoms with E-state index in [-0.39, 0.29) is 0 Å². The first-order chi connectivity index (χ1) is 13.0. The van der Waals surface area contributed by atoms with Gasteiger partial charge in [-0.1, -0.05) is 23.7 Å². The van der Waals surface area contributed by atoms with Crippen LogP contribution in [0.5, 0.6) is 5.75 Å². The Hall–Kier alpha value is -2.30. The summed E-state index contributed by atoms with van der Waals surface area (Å²) in [4.78, 5) is 9.45. The zero-order valence-electron chi connectivity index (χ0n) is 15.7. The number of pyridine rings is 1. The van der Waals surface area contributed by atoms with Crippen molar-refractivity contribution in [2.75, 3.05) is 31.1 Å². The predicted molar refractivity (Wildman–Crippen MR) is 112 cm³/mol. The number of phenolic OH excluding ortho intramolecular Hbond substituents is 1. The molecule has 0 unspecified atom stereocenters. The summed E-state index contributed by atoms with van der Waals surface area (Å²) in [6, 6.07) is 13.9. The summed E-state index contributed by atoms with van der Waals surface area (Å²) in [6.07, 6.45) is 0. The van der Waals surface area contributed by atoms with Gasteiger partial charge in [-0.3, -0.25) is 4.90 Å². The number of piperazine rings is 1. The molecule has 0 atom stereocenters. The highest BCUT2D eigenvalue weighted by Gasteiger charge is 2.19. The van der Waals surface area contributed by atoms with Gasteiger partial charge in [0.1, 0.15) is 10.9 Å². The molecule has 1 N–H and O–H groups in total. The molecule has 0 aliphatic carbocycles. The fourth-order valence-corrected chi connectivity index (χ4v) is 3.88. The first-order valence-electron chi connectivity index (χ1n) is 9.33. The van der Waals surface area contributed by atoms with Gasteiger partial charge in [-0.25, -0.2) is 4.98 Å². The zero-order chi connectivity index (χ0) is 19.0. The molecule has 0 saturated carbocycles. The molecule has 5 heteroatoms. The Bertz CT molecular complexity index is 963. The summed E-state index contributed by atoms with van der Waals surface area (Å²) in [7, 11) is 0. The summed E-state index contributed by atoms with van der Waals surface area (Å²) >= 11 is 6.51. The van der Waals surface area contributed by atoms with Gasteiger partial charge in [-0.15, -0.1) is 0 Å². The normalized spacial score (nSPS) is 15.4. The molecule has 3 aromatic rings. The van der Waals surface area contributed by atoms with Gasteiger partial charge < -0.3 is 10.0 Å². The maximum atomic E-state index is 9.45. The second-order valence-electron chi connectivity index (χ2n) is 7.30. The molecule has 1 aliphatic rings. The third kappa shape index (κ3) is 3.73. The first-order valence-corrected chi connectivity index (χ1v) is 9.71. The van der Waals surface area contributed by atoms with E-state index in [9.17, 15) is 5.11 Å². The smallest absolute Gasteiger partial charge is 0.134 e. The van der Waals surface area contributed by atoms with E-state index in [0.29, 0.717) is 10.9 Å². The van der Waals surface area contributed by atoms with E-state index in [1.165, 1.54) is 11.1 Å². The number of aryl methyl sites for hydroxylation is 2. The number of nitrogens with zero attached hydrogens (tertiary/aromatic N) is 3. The molecule has 1 aliphatic heterocycles. The molecular weight excluding hydrogens is 358 g/mol. The van der Waals surface area contributed by atoms with Crippen molar-refractivity contribution in [1.82, 2.24) is 9.88 Å². The first kappa shape index (κ1) is 18.1. The molecular formula is C22H24ClN3O. The van der Waals surface area contributed by atoms with Crippen molar-refractivity contribution in [1.29, 1.82) is 0 Å². The van der Waals surface area contributed by atoms with Gasteiger partial charge >= 0.3 is 0 Å². The van der Waals surface area contributed by atoms with E-state index in [2.05, 4.69) is 46.8 Å². The topological polar surface area (TPSA) is 39.6 Å². The Kier molecular flexibility index (Phi) is 4.94. The third-order valence-electron chi connectivity index (χ3n) is 5.52. The lowest BCUT2D eigenvalue weighted by atomic mass is 10.0. The van der Waals surface area contributed by atoms with Crippen LogP contribution >= 0.6 is 11.6 Å². The lowest BCUT2D eigenvalue weighted by Crippen LogP contribution is -2.46. The van der Waals surface area contributed by atoms with Gasteiger partial charge in [-0.05, 0) is 55.3 Å². The minimum absolute atomic E-state index is 0.307. The van der Waals surface area contributed by atoms with Crippen LogP contribution in [-0.2, 0) is 6.54 Å². The van der Waals surface area contributed by atoms with Crippen molar-refractivity contribution < 1.29 is 5.11 Å². The number of hydrogen-bond donors (Lipinski definition) is 1. The number of rotatable bonds is 3. The molecule has 1 fully saturated rings. The third-order valence-corrected chi connectivity index (χ3v) is 5.85. The number of anilines is 1. The van der Waals surface area contributed by atoms with Crippen molar-refractivity contribution >= 4 is 28.2 Å². The van der Waals surface area contributed by atoms with Crippen molar-refractivity contribution in [3.8, 4) is 5.75 Å². The molecule has 4 rings (SSSR count). The Morgan fingerprint density at radius 3 is 2.41 bits per heavy atom. The number of benzene rings is 2. The van der Waals surface area contributed by atoms with Crippen LogP contribution in [0.1, 0.15) is 16.7 Å². The number of hydrogen-bond acceptors (Lipinski definition) is 4. The summed E-state index contributed by atoms with van der Waals surface area (Å²) < 4.78 is 0. The molecule has 0 spiro atoms. The lowest BCUT2D eigenvalue weighted by Gasteiger charge is -2.36. The Morgan fingerprint density at radius 2 is 1.70 bits per heavy atom. The van der Waals surface area contributed by atoms with E-state index in [0.717, 1.165) is 54.9 Å². The number of fused-ring (bicyclic) bond motifs is 1. The van der Waals surface area contributed by atoms with Gasteiger partial charge in [0.2, 0.25) is 0 Å². The molecule has 2 aromatic carbocycles. The average Bonchev–Trinajstić information content (AvgIpc) is 2.67. The second kappa shape index (κ2) is 7.37. The minimum Gasteiger partial charge on any atom is -0.508 e. The summed E-state index contributed by atoms with van der Waals surface area (Å²) in [6.45, 7) is 8.89. The van der Waals surface area contributed by atoms with Crippen LogP contribution < -0.4 is 4.90 Å². The lowest BCUT2D eigenvalue weighted by molar-refractivity contribution is 0.250. The van der Waals surface area contributed by atoms with E-state index in [4.69, 9.17) is 11.6 Å². The molecule has 0 amide bonds. The van der Waals surface area contributed by atoms with Gasteiger partial charge in [-0.2, -0.15) is 0 Å². The van der Waals surface area contributed by atoms with Crippen LogP contribution in [0.4, 0.5) is 5.69 Å². The highest BCUT2D eigenvalue weighted by Crippen LogP contribution is 2.26. The fraction of sp³-hybridized carbons (Fsp3) is 0.318.